The molecular formula is C18H20N4O2. The van der Waals surface area contributed by atoms with E-state index in [1.807, 2.05) is 36.4 Å². The van der Waals surface area contributed by atoms with Gasteiger partial charge in [0.1, 0.15) is 11.6 Å². The molecule has 0 aliphatic rings. The molecule has 0 atom stereocenters. The van der Waals surface area contributed by atoms with E-state index in [9.17, 15) is 4.79 Å². The Bertz CT molecular complexity index is 905. The fourth-order valence-corrected chi connectivity index (χ4v) is 2.61. The molecule has 1 aromatic carbocycles. The van der Waals surface area contributed by atoms with Crippen molar-refractivity contribution in [3.05, 3.63) is 58.6 Å². The molecule has 2 aromatic heterocycles. The van der Waals surface area contributed by atoms with Crippen LogP contribution in [0.1, 0.15) is 12.1 Å². The number of aromatic amines is 1. The Balaban J connectivity index is 2.08. The first-order chi connectivity index (χ1) is 11.7. The monoisotopic (exact) mass is 324 g/mol. The molecule has 0 unspecified atom stereocenters. The molecular weight excluding hydrogens is 304 g/mol. The molecule has 0 aliphatic heterocycles. The van der Waals surface area contributed by atoms with E-state index < -0.39 is 0 Å². The third-order valence-electron chi connectivity index (χ3n) is 3.78. The number of methoxy groups -OCH3 is 1. The fraction of sp³-hybridized carbons (Fsp3) is 0.222. The summed E-state index contributed by atoms with van der Waals surface area (Å²) in [5, 5.41) is 4.63. The van der Waals surface area contributed by atoms with E-state index >= 15 is 0 Å². The molecule has 0 saturated carbocycles. The standard InChI is InChI=1S/C18H20N4O2/c1-24-15-6-2-4-14(11-15)22-17-16-12(7-9-20-18(16)23)10-13(21-17)5-3-8-19/h2,4,6-7,9-11H,3,5,8,19H2,1H3,(H,20,23)(H,21,22). The third kappa shape index (κ3) is 3.38. The largest absolute Gasteiger partial charge is 0.497 e. The summed E-state index contributed by atoms with van der Waals surface area (Å²) in [6.07, 6.45) is 3.26. The molecule has 124 valence electrons. The number of nitrogens with one attached hydrogen (secondary N) is 2. The molecule has 24 heavy (non-hydrogen) atoms. The van der Waals surface area contributed by atoms with E-state index in [-0.39, 0.29) is 5.56 Å². The molecule has 0 saturated heterocycles. The topological polar surface area (TPSA) is 93.0 Å². The molecule has 2 heterocycles. The number of fused-ring (bicyclic) bond motifs is 1. The Kier molecular flexibility index (Phi) is 4.77. The predicted molar refractivity (Wildman–Crippen MR) is 96.0 cm³/mol. The summed E-state index contributed by atoms with van der Waals surface area (Å²) in [6.45, 7) is 0.605. The third-order valence-corrected chi connectivity index (χ3v) is 3.78. The van der Waals surface area contributed by atoms with Gasteiger partial charge >= 0.3 is 0 Å². The van der Waals surface area contributed by atoms with Crippen LogP contribution in [0.3, 0.4) is 0 Å². The van der Waals surface area contributed by atoms with Crippen LogP contribution >= 0.6 is 0 Å². The maximum atomic E-state index is 12.3. The first-order valence-corrected chi connectivity index (χ1v) is 7.83. The zero-order chi connectivity index (χ0) is 16.9. The van der Waals surface area contributed by atoms with Crippen LogP contribution in [0.4, 0.5) is 11.5 Å². The Morgan fingerprint density at radius 3 is 2.96 bits per heavy atom. The second-order valence-corrected chi connectivity index (χ2v) is 5.48. The van der Waals surface area contributed by atoms with E-state index in [1.165, 1.54) is 0 Å². The minimum Gasteiger partial charge on any atom is -0.497 e. The number of nitrogens with two attached hydrogens (primary N) is 1. The molecule has 0 aliphatic carbocycles. The zero-order valence-electron chi connectivity index (χ0n) is 13.5. The van der Waals surface area contributed by atoms with Gasteiger partial charge in [0.05, 0.1) is 12.5 Å². The number of aromatic nitrogens is 2. The van der Waals surface area contributed by atoms with Gasteiger partial charge in [-0.15, -0.1) is 0 Å². The highest BCUT2D eigenvalue weighted by Gasteiger charge is 2.10. The highest BCUT2D eigenvalue weighted by atomic mass is 16.5. The second-order valence-electron chi connectivity index (χ2n) is 5.48. The van der Waals surface area contributed by atoms with Gasteiger partial charge in [0, 0.05) is 23.6 Å². The molecule has 3 rings (SSSR count). The van der Waals surface area contributed by atoms with Gasteiger partial charge in [-0.25, -0.2) is 4.98 Å². The van der Waals surface area contributed by atoms with Crippen LogP contribution < -0.4 is 21.3 Å². The maximum absolute atomic E-state index is 12.3. The number of benzene rings is 1. The number of pyridine rings is 2. The fourth-order valence-electron chi connectivity index (χ4n) is 2.61. The van der Waals surface area contributed by atoms with E-state index in [2.05, 4.69) is 15.3 Å². The first-order valence-electron chi connectivity index (χ1n) is 7.83. The lowest BCUT2D eigenvalue weighted by atomic mass is 10.1. The van der Waals surface area contributed by atoms with Crippen molar-refractivity contribution in [2.45, 2.75) is 12.8 Å². The summed E-state index contributed by atoms with van der Waals surface area (Å²) in [7, 11) is 1.62. The molecule has 0 radical (unpaired) electrons. The van der Waals surface area contributed by atoms with Crippen LogP contribution in [0, 0.1) is 0 Å². The Hall–Kier alpha value is -2.86. The number of aryl methyl sites for hydroxylation is 1. The van der Waals surface area contributed by atoms with Crippen molar-refractivity contribution < 1.29 is 4.74 Å². The smallest absolute Gasteiger partial charge is 0.259 e. The van der Waals surface area contributed by atoms with Gasteiger partial charge in [-0.2, -0.15) is 0 Å². The van der Waals surface area contributed by atoms with Crippen molar-refractivity contribution in [2.24, 2.45) is 5.73 Å². The lowest BCUT2D eigenvalue weighted by Crippen LogP contribution is -2.10. The number of ether oxygens (including phenoxy) is 1. The number of hydrogen-bond donors (Lipinski definition) is 3. The highest BCUT2D eigenvalue weighted by molar-refractivity contribution is 5.92. The number of rotatable bonds is 6. The van der Waals surface area contributed by atoms with Crippen molar-refractivity contribution in [3.8, 4) is 5.75 Å². The Labute approximate surface area is 139 Å². The van der Waals surface area contributed by atoms with Crippen molar-refractivity contribution in [1.82, 2.24) is 9.97 Å². The molecule has 3 aromatic rings. The molecule has 0 spiro atoms. The summed E-state index contributed by atoms with van der Waals surface area (Å²) in [5.41, 5.74) is 7.14. The molecule has 0 amide bonds. The molecule has 6 nitrogen and oxygen atoms in total. The molecule has 0 bridgehead atoms. The summed E-state index contributed by atoms with van der Waals surface area (Å²) in [4.78, 5) is 19.6. The number of hydrogen-bond acceptors (Lipinski definition) is 5. The van der Waals surface area contributed by atoms with Crippen LogP contribution in [0.2, 0.25) is 0 Å². The van der Waals surface area contributed by atoms with Crippen molar-refractivity contribution in [3.63, 3.8) is 0 Å². The number of nitrogens with zero attached hydrogens (tertiary/aromatic N) is 1. The van der Waals surface area contributed by atoms with E-state index in [0.717, 1.165) is 35.4 Å². The molecule has 4 N–H and O–H groups in total. The van der Waals surface area contributed by atoms with E-state index in [0.29, 0.717) is 17.7 Å². The minimum atomic E-state index is -0.171. The van der Waals surface area contributed by atoms with Gasteiger partial charge in [0.15, 0.2) is 0 Å². The predicted octanol–water partition coefficient (Wildman–Crippen LogP) is 2.57. The van der Waals surface area contributed by atoms with Gasteiger partial charge in [0.2, 0.25) is 0 Å². The highest BCUT2D eigenvalue weighted by Crippen LogP contribution is 2.25. The molecule has 0 fully saturated rings. The van der Waals surface area contributed by atoms with Gasteiger partial charge in [-0.1, -0.05) is 6.07 Å². The van der Waals surface area contributed by atoms with Gasteiger partial charge < -0.3 is 20.8 Å². The first kappa shape index (κ1) is 16.0. The van der Waals surface area contributed by atoms with Crippen LogP contribution in [0.25, 0.3) is 10.8 Å². The van der Waals surface area contributed by atoms with Gasteiger partial charge in [-0.3, -0.25) is 4.79 Å². The van der Waals surface area contributed by atoms with Crippen molar-refractivity contribution in [1.29, 1.82) is 0 Å². The lowest BCUT2D eigenvalue weighted by molar-refractivity contribution is 0.415. The molecule has 6 heteroatoms. The Morgan fingerprint density at radius 2 is 2.17 bits per heavy atom. The lowest BCUT2D eigenvalue weighted by Gasteiger charge is -2.11. The van der Waals surface area contributed by atoms with E-state index in [4.69, 9.17) is 10.5 Å². The summed E-state index contributed by atoms with van der Waals surface area (Å²) >= 11 is 0. The minimum absolute atomic E-state index is 0.171. The summed E-state index contributed by atoms with van der Waals surface area (Å²) in [5.74, 6) is 1.27. The average Bonchev–Trinajstić information content (AvgIpc) is 2.60. The number of anilines is 2. The zero-order valence-corrected chi connectivity index (χ0v) is 13.5. The van der Waals surface area contributed by atoms with Gasteiger partial charge in [0.25, 0.3) is 5.56 Å². The maximum Gasteiger partial charge on any atom is 0.259 e. The van der Waals surface area contributed by atoms with Crippen LogP contribution in [0.15, 0.2) is 47.4 Å². The normalized spacial score (nSPS) is 10.8. The summed E-state index contributed by atoms with van der Waals surface area (Å²) in [6, 6.07) is 11.3. The Morgan fingerprint density at radius 1 is 1.29 bits per heavy atom. The second kappa shape index (κ2) is 7.14. The van der Waals surface area contributed by atoms with Crippen molar-refractivity contribution >= 4 is 22.3 Å². The van der Waals surface area contributed by atoms with Crippen LogP contribution in [-0.2, 0) is 6.42 Å². The average molecular weight is 324 g/mol. The quantitative estimate of drug-likeness (QED) is 0.648. The summed E-state index contributed by atoms with van der Waals surface area (Å²) < 4.78 is 5.24. The van der Waals surface area contributed by atoms with Crippen molar-refractivity contribution in [2.75, 3.05) is 19.0 Å². The van der Waals surface area contributed by atoms with Crippen LogP contribution in [0.5, 0.6) is 5.75 Å². The van der Waals surface area contributed by atoms with Gasteiger partial charge in [-0.05, 0) is 49.0 Å². The van der Waals surface area contributed by atoms with Crippen LogP contribution in [-0.4, -0.2) is 23.6 Å². The number of H-pyrrole nitrogens is 1. The SMILES string of the molecule is COc1cccc(Nc2nc(CCCN)cc3cc[nH]c(=O)c23)c1. The van der Waals surface area contributed by atoms with E-state index in [1.54, 1.807) is 13.3 Å².